The van der Waals surface area contributed by atoms with Crippen LogP contribution >= 0.6 is 15.9 Å². The lowest BCUT2D eigenvalue weighted by Crippen LogP contribution is -2.37. The van der Waals surface area contributed by atoms with Crippen molar-refractivity contribution in [3.05, 3.63) is 29.3 Å². The first-order chi connectivity index (χ1) is 9.28. The lowest BCUT2D eigenvalue weighted by Gasteiger charge is -2.19. The van der Waals surface area contributed by atoms with Crippen molar-refractivity contribution in [2.24, 2.45) is 5.92 Å². The molecule has 1 aliphatic heterocycles. The van der Waals surface area contributed by atoms with Crippen molar-refractivity contribution in [3.8, 4) is 5.75 Å². The van der Waals surface area contributed by atoms with Gasteiger partial charge < -0.3 is 10.1 Å². The summed E-state index contributed by atoms with van der Waals surface area (Å²) in [5, 5.41) is 4.15. The SMILES string of the molecule is O=C(NC1CCCC1CBr)c1ccc2c(c1)CCO2. The van der Waals surface area contributed by atoms with Crippen LogP contribution in [0.15, 0.2) is 18.2 Å². The molecule has 19 heavy (non-hydrogen) atoms. The van der Waals surface area contributed by atoms with Crippen molar-refractivity contribution >= 4 is 21.8 Å². The van der Waals surface area contributed by atoms with E-state index in [0.29, 0.717) is 12.0 Å². The molecule has 1 amide bonds. The highest BCUT2D eigenvalue weighted by molar-refractivity contribution is 9.09. The van der Waals surface area contributed by atoms with E-state index >= 15 is 0 Å². The summed E-state index contributed by atoms with van der Waals surface area (Å²) in [6, 6.07) is 6.05. The van der Waals surface area contributed by atoms with Gasteiger partial charge in [0, 0.05) is 23.4 Å². The number of fused-ring (bicyclic) bond motifs is 1. The van der Waals surface area contributed by atoms with E-state index in [1.807, 2.05) is 18.2 Å². The molecule has 1 fully saturated rings. The molecular formula is C15H18BrNO2. The van der Waals surface area contributed by atoms with Gasteiger partial charge in [0.15, 0.2) is 0 Å². The maximum absolute atomic E-state index is 12.3. The van der Waals surface area contributed by atoms with Gasteiger partial charge in [0.05, 0.1) is 6.61 Å². The van der Waals surface area contributed by atoms with Crippen molar-refractivity contribution in [3.63, 3.8) is 0 Å². The lowest BCUT2D eigenvalue weighted by molar-refractivity contribution is 0.0930. The fraction of sp³-hybridized carbons (Fsp3) is 0.533. The van der Waals surface area contributed by atoms with Crippen LogP contribution in [0.2, 0.25) is 0 Å². The standard InChI is InChI=1S/C15H18BrNO2/c16-9-12-2-1-3-13(12)17-15(18)11-4-5-14-10(8-11)6-7-19-14/h4-5,8,12-13H,1-3,6-7,9H2,(H,17,18). The molecule has 1 N–H and O–H groups in total. The Bertz CT molecular complexity index is 489. The molecule has 0 bridgehead atoms. The van der Waals surface area contributed by atoms with E-state index in [1.165, 1.54) is 12.8 Å². The molecular weight excluding hydrogens is 306 g/mol. The number of nitrogens with one attached hydrogen (secondary N) is 1. The Morgan fingerprint density at radius 3 is 3.16 bits per heavy atom. The molecule has 1 aromatic carbocycles. The fourth-order valence-electron chi connectivity index (χ4n) is 2.99. The van der Waals surface area contributed by atoms with Gasteiger partial charge in [-0.3, -0.25) is 4.79 Å². The minimum Gasteiger partial charge on any atom is -0.493 e. The first-order valence-electron chi connectivity index (χ1n) is 6.90. The molecule has 3 nitrogen and oxygen atoms in total. The molecule has 3 rings (SSSR count). The number of carbonyl (C=O) groups is 1. The predicted octanol–water partition coefficient (Wildman–Crippen LogP) is 2.91. The van der Waals surface area contributed by atoms with Crippen molar-refractivity contribution in [1.82, 2.24) is 5.32 Å². The first-order valence-corrected chi connectivity index (χ1v) is 8.02. The third-order valence-corrected chi connectivity index (χ3v) is 4.96. The smallest absolute Gasteiger partial charge is 0.251 e. The number of rotatable bonds is 3. The quantitative estimate of drug-likeness (QED) is 0.868. The summed E-state index contributed by atoms with van der Waals surface area (Å²) in [5.41, 5.74) is 1.90. The number of alkyl halides is 1. The average molecular weight is 324 g/mol. The summed E-state index contributed by atoms with van der Waals surface area (Å²) in [5.74, 6) is 1.55. The number of halogens is 1. The van der Waals surface area contributed by atoms with E-state index in [9.17, 15) is 4.79 Å². The molecule has 4 heteroatoms. The zero-order chi connectivity index (χ0) is 13.2. The van der Waals surface area contributed by atoms with Crippen LogP contribution in [0.3, 0.4) is 0 Å². The van der Waals surface area contributed by atoms with E-state index in [-0.39, 0.29) is 5.91 Å². The molecule has 0 saturated heterocycles. The lowest BCUT2D eigenvalue weighted by atomic mass is 10.0. The van der Waals surface area contributed by atoms with E-state index in [2.05, 4.69) is 21.2 Å². The Labute approximate surface area is 121 Å². The van der Waals surface area contributed by atoms with Crippen LogP contribution in [-0.2, 0) is 6.42 Å². The van der Waals surface area contributed by atoms with Crippen LogP contribution in [0.4, 0.5) is 0 Å². The largest absolute Gasteiger partial charge is 0.493 e. The Hall–Kier alpha value is -1.03. The van der Waals surface area contributed by atoms with Crippen LogP contribution in [0.25, 0.3) is 0 Å². The number of hydrogen-bond donors (Lipinski definition) is 1. The van der Waals surface area contributed by atoms with Crippen LogP contribution < -0.4 is 10.1 Å². The summed E-state index contributed by atoms with van der Waals surface area (Å²) in [6.07, 6.45) is 4.41. The van der Waals surface area contributed by atoms with Gasteiger partial charge in [-0.2, -0.15) is 0 Å². The summed E-state index contributed by atoms with van der Waals surface area (Å²) < 4.78 is 5.46. The average Bonchev–Trinajstić information content (AvgIpc) is 3.05. The van der Waals surface area contributed by atoms with Crippen molar-refractivity contribution in [2.45, 2.75) is 31.7 Å². The summed E-state index contributed by atoms with van der Waals surface area (Å²) in [7, 11) is 0. The number of ether oxygens (including phenoxy) is 1. The van der Waals surface area contributed by atoms with E-state index < -0.39 is 0 Å². The van der Waals surface area contributed by atoms with Crippen molar-refractivity contribution in [1.29, 1.82) is 0 Å². The summed E-state index contributed by atoms with van der Waals surface area (Å²) >= 11 is 3.54. The third-order valence-electron chi connectivity index (χ3n) is 4.13. The van der Waals surface area contributed by atoms with Crippen LogP contribution in [0, 0.1) is 5.92 Å². The van der Waals surface area contributed by atoms with Crippen molar-refractivity contribution < 1.29 is 9.53 Å². The molecule has 0 aromatic heterocycles. The normalized spacial score (nSPS) is 24.9. The van der Waals surface area contributed by atoms with Gasteiger partial charge in [0.25, 0.3) is 5.91 Å². The zero-order valence-corrected chi connectivity index (χ0v) is 12.4. The van der Waals surface area contributed by atoms with Crippen LogP contribution in [0.1, 0.15) is 35.2 Å². The van der Waals surface area contributed by atoms with E-state index in [4.69, 9.17) is 4.74 Å². The Morgan fingerprint density at radius 2 is 2.32 bits per heavy atom. The minimum atomic E-state index is 0.0487. The Morgan fingerprint density at radius 1 is 1.42 bits per heavy atom. The molecule has 2 aliphatic rings. The molecule has 1 saturated carbocycles. The van der Waals surface area contributed by atoms with Crippen molar-refractivity contribution in [2.75, 3.05) is 11.9 Å². The van der Waals surface area contributed by atoms with Gasteiger partial charge in [-0.15, -0.1) is 0 Å². The minimum absolute atomic E-state index is 0.0487. The summed E-state index contributed by atoms with van der Waals surface area (Å²) in [4.78, 5) is 12.3. The van der Waals surface area contributed by atoms with Gasteiger partial charge in [-0.25, -0.2) is 0 Å². The van der Waals surface area contributed by atoms with Gasteiger partial charge in [-0.05, 0) is 42.5 Å². The van der Waals surface area contributed by atoms with Gasteiger partial charge in [0.2, 0.25) is 0 Å². The molecule has 0 spiro atoms. The molecule has 102 valence electrons. The Kier molecular flexibility index (Phi) is 3.78. The second-order valence-electron chi connectivity index (χ2n) is 5.35. The molecule has 1 aliphatic carbocycles. The van der Waals surface area contributed by atoms with Crippen LogP contribution in [0.5, 0.6) is 5.75 Å². The zero-order valence-electron chi connectivity index (χ0n) is 10.8. The molecule has 1 heterocycles. The van der Waals surface area contributed by atoms with Gasteiger partial charge >= 0.3 is 0 Å². The summed E-state index contributed by atoms with van der Waals surface area (Å²) in [6.45, 7) is 0.731. The van der Waals surface area contributed by atoms with Gasteiger partial charge in [-0.1, -0.05) is 22.4 Å². The van der Waals surface area contributed by atoms with Crippen LogP contribution in [-0.4, -0.2) is 23.9 Å². The first kappa shape index (κ1) is 13.0. The second kappa shape index (κ2) is 5.53. The Balaban J connectivity index is 1.70. The third kappa shape index (κ3) is 2.64. The molecule has 2 atom stereocenters. The fourth-order valence-corrected chi connectivity index (χ4v) is 3.77. The van der Waals surface area contributed by atoms with E-state index in [0.717, 1.165) is 41.7 Å². The highest BCUT2D eigenvalue weighted by Crippen LogP contribution is 2.28. The maximum Gasteiger partial charge on any atom is 0.251 e. The molecule has 1 aromatic rings. The highest BCUT2D eigenvalue weighted by Gasteiger charge is 2.28. The molecule has 0 radical (unpaired) electrons. The monoisotopic (exact) mass is 323 g/mol. The van der Waals surface area contributed by atoms with E-state index in [1.54, 1.807) is 0 Å². The number of hydrogen-bond acceptors (Lipinski definition) is 2. The predicted molar refractivity (Wildman–Crippen MR) is 78.0 cm³/mol. The van der Waals surface area contributed by atoms with Gasteiger partial charge in [0.1, 0.15) is 5.75 Å². The maximum atomic E-state index is 12.3. The number of amides is 1. The highest BCUT2D eigenvalue weighted by atomic mass is 79.9. The molecule has 2 unspecified atom stereocenters. The topological polar surface area (TPSA) is 38.3 Å². The number of benzene rings is 1. The number of carbonyl (C=O) groups excluding carboxylic acids is 1. The second-order valence-corrected chi connectivity index (χ2v) is 5.99.